The van der Waals surface area contributed by atoms with Crippen LogP contribution < -0.4 is 0 Å². The van der Waals surface area contributed by atoms with Crippen LogP contribution >= 0.6 is 11.8 Å². The molecule has 11 heteroatoms. The number of rotatable bonds is 8. The lowest BCUT2D eigenvalue weighted by molar-refractivity contribution is -0.154. The summed E-state index contributed by atoms with van der Waals surface area (Å²) in [7, 11) is 0. The fourth-order valence-electron chi connectivity index (χ4n) is 5.49. The minimum Gasteiger partial charge on any atom is -0.480 e. The second kappa shape index (κ2) is 10.8. The Balaban J connectivity index is 1.54. The van der Waals surface area contributed by atoms with E-state index in [0.717, 1.165) is 29.7 Å². The first kappa shape index (κ1) is 27.4. The lowest BCUT2D eigenvalue weighted by Gasteiger charge is -2.45. The number of aliphatic hydroxyl groups excluding tert-OH is 1. The minimum atomic E-state index is -1.78. The number of amides is 3. The summed E-state index contributed by atoms with van der Waals surface area (Å²) in [6, 6.07) is 8.82. The Labute approximate surface area is 231 Å². The lowest BCUT2D eigenvalue weighted by atomic mass is 9.94. The van der Waals surface area contributed by atoms with Gasteiger partial charge in [-0.05, 0) is 57.6 Å². The quantitative estimate of drug-likeness (QED) is 0.489. The number of thioether (sulfide) groups is 1. The van der Waals surface area contributed by atoms with E-state index in [1.54, 1.807) is 6.92 Å². The first-order valence-corrected chi connectivity index (χ1v) is 14.1. The summed E-state index contributed by atoms with van der Waals surface area (Å²) in [6.45, 7) is 4.58. The number of oxazole rings is 1. The molecule has 208 valence electrons. The Kier molecular flexibility index (Phi) is 7.58. The van der Waals surface area contributed by atoms with E-state index in [9.17, 15) is 24.6 Å². The number of benzene rings is 1. The van der Waals surface area contributed by atoms with E-state index >= 15 is 0 Å². The SMILES string of the molecule is CC1=C2C(=O)N(C(C)(C)C(=O)O)C(=O)N(C[C@H](O[C@H]3CCC[C@@H](O)C3)c3ccccc3)C2SC1c1ncco1. The van der Waals surface area contributed by atoms with Gasteiger partial charge in [0.2, 0.25) is 5.89 Å². The molecule has 5 atom stereocenters. The van der Waals surface area contributed by atoms with Gasteiger partial charge < -0.3 is 24.3 Å². The predicted molar refractivity (Wildman–Crippen MR) is 143 cm³/mol. The van der Waals surface area contributed by atoms with Crippen molar-refractivity contribution in [1.82, 2.24) is 14.8 Å². The Morgan fingerprint density at radius 2 is 2.00 bits per heavy atom. The van der Waals surface area contributed by atoms with E-state index < -0.39 is 46.3 Å². The van der Waals surface area contributed by atoms with E-state index in [4.69, 9.17) is 9.15 Å². The van der Waals surface area contributed by atoms with Crippen LogP contribution in [0, 0.1) is 0 Å². The molecule has 39 heavy (non-hydrogen) atoms. The van der Waals surface area contributed by atoms with Gasteiger partial charge in [0.25, 0.3) is 5.91 Å². The number of aliphatic hydroxyl groups is 1. The van der Waals surface area contributed by atoms with Gasteiger partial charge >= 0.3 is 12.0 Å². The number of carboxylic acids is 1. The highest BCUT2D eigenvalue weighted by Crippen LogP contribution is 2.52. The molecule has 1 aliphatic carbocycles. The van der Waals surface area contributed by atoms with Crippen LogP contribution in [0.1, 0.15) is 69.3 Å². The highest BCUT2D eigenvalue weighted by Gasteiger charge is 2.55. The third-order valence-corrected chi connectivity index (χ3v) is 9.31. The third kappa shape index (κ3) is 5.10. The van der Waals surface area contributed by atoms with E-state index in [-0.39, 0.29) is 12.6 Å². The zero-order valence-electron chi connectivity index (χ0n) is 22.1. The topological polar surface area (TPSA) is 133 Å². The predicted octanol–water partition coefficient (Wildman–Crippen LogP) is 4.29. The van der Waals surface area contributed by atoms with Gasteiger partial charge in [0.05, 0.1) is 30.5 Å². The number of ether oxygens (including phenoxy) is 1. The van der Waals surface area contributed by atoms with Crippen LogP contribution in [0.15, 0.2) is 58.4 Å². The van der Waals surface area contributed by atoms with Crippen molar-refractivity contribution >= 4 is 29.7 Å². The summed E-state index contributed by atoms with van der Waals surface area (Å²) in [4.78, 5) is 46.7. The van der Waals surface area contributed by atoms with Crippen molar-refractivity contribution in [2.24, 2.45) is 0 Å². The van der Waals surface area contributed by atoms with Gasteiger partial charge in [-0.25, -0.2) is 19.5 Å². The maximum Gasteiger partial charge on any atom is 0.329 e. The maximum absolute atomic E-state index is 14.0. The van der Waals surface area contributed by atoms with Crippen molar-refractivity contribution in [2.45, 2.75) is 80.9 Å². The van der Waals surface area contributed by atoms with Crippen LogP contribution in [-0.2, 0) is 14.3 Å². The first-order chi connectivity index (χ1) is 18.6. The molecule has 2 N–H and O–H groups in total. The summed E-state index contributed by atoms with van der Waals surface area (Å²) in [5.74, 6) is -1.50. The molecule has 0 radical (unpaired) electrons. The molecule has 2 aliphatic heterocycles. The van der Waals surface area contributed by atoms with Crippen molar-refractivity contribution in [2.75, 3.05) is 6.54 Å². The molecular weight excluding hydrogens is 522 g/mol. The normalized spacial score (nSPS) is 26.7. The molecule has 3 heterocycles. The minimum absolute atomic E-state index is 0.0850. The number of carbonyl (C=O) groups is 3. The Morgan fingerprint density at radius 3 is 2.64 bits per heavy atom. The summed E-state index contributed by atoms with van der Waals surface area (Å²) in [6.07, 6.45) is 4.66. The molecule has 10 nitrogen and oxygen atoms in total. The molecule has 1 saturated carbocycles. The molecule has 0 bridgehead atoms. The molecule has 2 fully saturated rings. The highest BCUT2D eigenvalue weighted by atomic mass is 32.2. The summed E-state index contributed by atoms with van der Waals surface area (Å²) >= 11 is 1.37. The van der Waals surface area contributed by atoms with Crippen LogP contribution in [0.2, 0.25) is 0 Å². The smallest absolute Gasteiger partial charge is 0.329 e. The van der Waals surface area contributed by atoms with Crippen molar-refractivity contribution in [1.29, 1.82) is 0 Å². The standard InChI is InChI=1S/C28H33N3O7S/c1-16-21-24(33)31(28(2,3)26(34)35)27(36)30(25(21)39-22(16)23-29-12-13-37-23)15-20(17-8-5-4-6-9-17)38-19-11-7-10-18(32)14-19/h4-6,8-9,12-13,18-20,22,25,32H,7,10-11,14-15H2,1-3H3,(H,34,35)/t18-,19+,20+,22?,25?/m1/s1. The van der Waals surface area contributed by atoms with Gasteiger partial charge in [-0.15, -0.1) is 11.8 Å². The van der Waals surface area contributed by atoms with Gasteiger partial charge in [-0.1, -0.05) is 30.3 Å². The molecule has 1 aromatic carbocycles. The van der Waals surface area contributed by atoms with Crippen LogP contribution in [0.3, 0.4) is 0 Å². The molecule has 1 aromatic heterocycles. The van der Waals surface area contributed by atoms with Crippen molar-refractivity contribution in [3.8, 4) is 0 Å². The molecule has 2 unspecified atom stereocenters. The summed E-state index contributed by atoms with van der Waals surface area (Å²) in [5, 5.41) is 19.1. The van der Waals surface area contributed by atoms with Crippen molar-refractivity contribution < 1.29 is 33.8 Å². The fourth-order valence-corrected chi connectivity index (χ4v) is 7.06. The monoisotopic (exact) mass is 555 g/mol. The van der Waals surface area contributed by atoms with Crippen LogP contribution in [-0.4, -0.2) is 72.6 Å². The average Bonchev–Trinajstić information content (AvgIpc) is 3.54. The van der Waals surface area contributed by atoms with E-state index in [2.05, 4.69) is 4.98 Å². The van der Waals surface area contributed by atoms with Gasteiger partial charge in [-0.2, -0.15) is 0 Å². The summed E-state index contributed by atoms with van der Waals surface area (Å²) in [5.41, 5.74) is 0.0963. The fraction of sp³-hybridized carbons (Fsp3) is 0.500. The van der Waals surface area contributed by atoms with E-state index in [0.29, 0.717) is 23.5 Å². The Bertz CT molecular complexity index is 1260. The van der Waals surface area contributed by atoms with Crippen LogP contribution in [0.25, 0.3) is 0 Å². The largest absolute Gasteiger partial charge is 0.480 e. The first-order valence-electron chi connectivity index (χ1n) is 13.1. The number of aromatic nitrogens is 1. The highest BCUT2D eigenvalue weighted by molar-refractivity contribution is 8.00. The molecule has 5 rings (SSSR count). The zero-order valence-corrected chi connectivity index (χ0v) is 23.0. The number of nitrogens with zero attached hydrogens (tertiary/aromatic N) is 3. The van der Waals surface area contributed by atoms with Crippen LogP contribution in [0.4, 0.5) is 4.79 Å². The Hall–Kier alpha value is -3.15. The number of carboxylic acid groups (broad SMARTS) is 1. The number of hydrogen-bond acceptors (Lipinski definition) is 8. The molecule has 3 aliphatic rings. The zero-order chi connectivity index (χ0) is 27.9. The lowest BCUT2D eigenvalue weighted by Crippen LogP contribution is -2.65. The maximum atomic E-state index is 14.0. The van der Waals surface area contributed by atoms with Crippen molar-refractivity contribution in [3.05, 3.63) is 65.4 Å². The van der Waals surface area contributed by atoms with Crippen LogP contribution in [0.5, 0.6) is 0 Å². The molecular formula is C28H33N3O7S. The second-order valence-electron chi connectivity index (χ2n) is 10.8. The number of fused-ring (bicyclic) bond motifs is 1. The molecule has 1 saturated heterocycles. The van der Waals surface area contributed by atoms with E-state index in [1.165, 1.54) is 43.0 Å². The molecule has 0 spiro atoms. The van der Waals surface area contributed by atoms with Gasteiger partial charge in [-0.3, -0.25) is 4.79 Å². The number of carbonyl (C=O) groups excluding carboxylic acids is 2. The molecule has 3 amide bonds. The third-order valence-electron chi connectivity index (χ3n) is 7.73. The number of hydrogen-bond donors (Lipinski definition) is 2. The van der Waals surface area contributed by atoms with Gasteiger partial charge in [0.1, 0.15) is 28.5 Å². The number of urea groups is 1. The molecule has 2 aromatic rings. The van der Waals surface area contributed by atoms with E-state index in [1.807, 2.05) is 30.3 Å². The van der Waals surface area contributed by atoms with Crippen molar-refractivity contribution in [3.63, 3.8) is 0 Å². The Morgan fingerprint density at radius 1 is 1.26 bits per heavy atom. The van der Waals surface area contributed by atoms with Gasteiger partial charge in [0.15, 0.2) is 0 Å². The van der Waals surface area contributed by atoms with Gasteiger partial charge in [0, 0.05) is 0 Å². The average molecular weight is 556 g/mol. The number of imide groups is 1. The second-order valence-corrected chi connectivity index (χ2v) is 11.9. The summed E-state index contributed by atoms with van der Waals surface area (Å²) < 4.78 is 12.1. The number of aliphatic carboxylic acids is 1.